The molecule has 0 aliphatic rings. The number of aryl methyl sites for hydroxylation is 1. The number of carbonyl (C=O) groups is 1. The lowest BCUT2D eigenvalue weighted by Crippen LogP contribution is -2.24. The van der Waals surface area contributed by atoms with Crippen LogP contribution >= 0.6 is 11.8 Å². The average Bonchev–Trinajstić information content (AvgIpc) is 3.21. The summed E-state index contributed by atoms with van der Waals surface area (Å²) >= 11 is 1.36. The molecule has 0 radical (unpaired) electrons. The third-order valence-electron chi connectivity index (χ3n) is 3.48. The maximum atomic E-state index is 11.9. The number of rotatable bonds is 6. The van der Waals surface area contributed by atoms with Gasteiger partial charge in [0, 0.05) is 12.6 Å². The van der Waals surface area contributed by atoms with Gasteiger partial charge in [-0.15, -0.1) is 10.2 Å². The van der Waals surface area contributed by atoms with E-state index in [1.54, 1.807) is 12.3 Å². The highest BCUT2D eigenvalue weighted by atomic mass is 32.2. The van der Waals surface area contributed by atoms with Gasteiger partial charge in [-0.05, 0) is 25.1 Å². The summed E-state index contributed by atoms with van der Waals surface area (Å²) in [5, 5.41) is 11.9. The van der Waals surface area contributed by atoms with Gasteiger partial charge >= 0.3 is 0 Å². The van der Waals surface area contributed by atoms with Gasteiger partial charge in [-0.1, -0.05) is 35.5 Å². The molecule has 1 amide bonds. The van der Waals surface area contributed by atoms with E-state index in [0.29, 0.717) is 11.7 Å². The summed E-state index contributed by atoms with van der Waals surface area (Å²) < 4.78 is 7.08. The van der Waals surface area contributed by atoms with Gasteiger partial charge in [-0.2, -0.15) is 0 Å². The molecule has 0 saturated carbocycles. The molecule has 124 valence electrons. The van der Waals surface area contributed by atoms with Crippen LogP contribution in [0.3, 0.4) is 0 Å². The fourth-order valence-corrected chi connectivity index (χ4v) is 3.00. The standard InChI is InChI=1S/C17H18N4O2S/c1-12-5-3-6-13(9-12)16-19-20-17(21(16)2)24-11-15(22)18-10-14-7-4-8-23-14/h3-9H,10-11H2,1-2H3,(H,18,22). The van der Waals surface area contributed by atoms with Gasteiger partial charge in [-0.25, -0.2) is 0 Å². The van der Waals surface area contributed by atoms with E-state index in [1.165, 1.54) is 17.3 Å². The molecule has 7 heteroatoms. The summed E-state index contributed by atoms with van der Waals surface area (Å²) in [6.07, 6.45) is 1.59. The molecule has 0 bridgehead atoms. The monoisotopic (exact) mass is 342 g/mol. The van der Waals surface area contributed by atoms with E-state index in [2.05, 4.69) is 21.6 Å². The van der Waals surface area contributed by atoms with Crippen molar-refractivity contribution in [2.24, 2.45) is 7.05 Å². The SMILES string of the molecule is Cc1cccc(-c2nnc(SCC(=O)NCc3ccco3)n2C)c1. The molecule has 2 aromatic heterocycles. The smallest absolute Gasteiger partial charge is 0.230 e. The number of benzene rings is 1. The molecule has 0 aliphatic carbocycles. The predicted octanol–water partition coefficient (Wildman–Crippen LogP) is 2.79. The zero-order valence-corrected chi connectivity index (χ0v) is 14.3. The second kappa shape index (κ2) is 7.35. The van der Waals surface area contributed by atoms with Crippen molar-refractivity contribution in [1.29, 1.82) is 0 Å². The van der Waals surface area contributed by atoms with Crippen LogP contribution in [0.25, 0.3) is 11.4 Å². The highest BCUT2D eigenvalue weighted by molar-refractivity contribution is 7.99. The van der Waals surface area contributed by atoms with Crippen molar-refractivity contribution in [2.45, 2.75) is 18.6 Å². The number of hydrogen-bond donors (Lipinski definition) is 1. The summed E-state index contributed by atoms with van der Waals surface area (Å²) in [6, 6.07) is 11.7. The van der Waals surface area contributed by atoms with Crippen LogP contribution in [0.2, 0.25) is 0 Å². The molecule has 24 heavy (non-hydrogen) atoms. The van der Waals surface area contributed by atoms with E-state index in [9.17, 15) is 4.79 Å². The van der Waals surface area contributed by atoms with Crippen LogP contribution in [0.5, 0.6) is 0 Å². The second-order valence-corrected chi connectivity index (χ2v) is 6.32. The van der Waals surface area contributed by atoms with Gasteiger partial charge in [0.1, 0.15) is 5.76 Å². The molecule has 0 atom stereocenters. The van der Waals surface area contributed by atoms with Crippen LogP contribution in [0.15, 0.2) is 52.2 Å². The molecule has 0 fully saturated rings. The van der Waals surface area contributed by atoms with E-state index >= 15 is 0 Å². The number of carbonyl (C=O) groups excluding carboxylic acids is 1. The summed E-state index contributed by atoms with van der Waals surface area (Å²) in [5.74, 6) is 1.72. The molecule has 6 nitrogen and oxygen atoms in total. The van der Waals surface area contributed by atoms with Crippen molar-refractivity contribution in [3.05, 3.63) is 54.0 Å². The Morgan fingerprint density at radius 1 is 1.29 bits per heavy atom. The number of amides is 1. The predicted molar refractivity (Wildman–Crippen MR) is 92.5 cm³/mol. The molecule has 2 heterocycles. The number of furan rings is 1. The van der Waals surface area contributed by atoms with Crippen molar-refractivity contribution in [3.8, 4) is 11.4 Å². The van der Waals surface area contributed by atoms with Gasteiger partial charge in [0.25, 0.3) is 0 Å². The average molecular weight is 342 g/mol. The third kappa shape index (κ3) is 3.86. The minimum absolute atomic E-state index is 0.0727. The maximum Gasteiger partial charge on any atom is 0.230 e. The number of aromatic nitrogens is 3. The molecule has 3 rings (SSSR count). The lowest BCUT2D eigenvalue weighted by atomic mass is 10.1. The van der Waals surface area contributed by atoms with Crippen molar-refractivity contribution in [2.75, 3.05) is 5.75 Å². The third-order valence-corrected chi connectivity index (χ3v) is 4.50. The number of thioether (sulfide) groups is 1. The topological polar surface area (TPSA) is 73.0 Å². The zero-order chi connectivity index (χ0) is 16.9. The Morgan fingerprint density at radius 3 is 2.92 bits per heavy atom. The minimum atomic E-state index is -0.0727. The first-order valence-electron chi connectivity index (χ1n) is 7.52. The normalized spacial score (nSPS) is 10.8. The maximum absolute atomic E-state index is 11.9. The Bertz CT molecular complexity index is 827. The van der Waals surface area contributed by atoms with Crippen LogP contribution < -0.4 is 5.32 Å². The van der Waals surface area contributed by atoms with Crippen LogP contribution in [-0.2, 0) is 18.4 Å². The number of nitrogens with zero attached hydrogens (tertiary/aromatic N) is 3. The van der Waals surface area contributed by atoms with E-state index in [0.717, 1.165) is 17.1 Å². The highest BCUT2D eigenvalue weighted by Gasteiger charge is 2.13. The number of hydrogen-bond acceptors (Lipinski definition) is 5. The molecule has 0 aliphatic heterocycles. The van der Waals surface area contributed by atoms with Crippen molar-refractivity contribution in [1.82, 2.24) is 20.1 Å². The Balaban J connectivity index is 1.59. The molecule has 3 aromatic rings. The molecule has 1 N–H and O–H groups in total. The highest BCUT2D eigenvalue weighted by Crippen LogP contribution is 2.23. The molecular formula is C17H18N4O2S. The molecule has 0 unspecified atom stereocenters. The lowest BCUT2D eigenvalue weighted by molar-refractivity contribution is -0.118. The van der Waals surface area contributed by atoms with Crippen LogP contribution in [0.4, 0.5) is 0 Å². The summed E-state index contributed by atoms with van der Waals surface area (Å²) in [4.78, 5) is 11.9. The second-order valence-electron chi connectivity index (χ2n) is 5.38. The van der Waals surface area contributed by atoms with Gasteiger partial charge < -0.3 is 14.3 Å². The zero-order valence-electron chi connectivity index (χ0n) is 13.5. The summed E-state index contributed by atoms with van der Waals surface area (Å²) in [6.45, 7) is 2.43. The van der Waals surface area contributed by atoms with Crippen molar-refractivity contribution in [3.63, 3.8) is 0 Å². The van der Waals surface area contributed by atoms with Crippen LogP contribution in [0.1, 0.15) is 11.3 Å². The number of nitrogens with one attached hydrogen (secondary N) is 1. The Hall–Kier alpha value is -2.54. The van der Waals surface area contributed by atoms with Crippen molar-refractivity contribution >= 4 is 17.7 Å². The fourth-order valence-electron chi connectivity index (χ4n) is 2.26. The van der Waals surface area contributed by atoms with Crippen LogP contribution in [-0.4, -0.2) is 26.4 Å². The lowest BCUT2D eigenvalue weighted by Gasteiger charge is -2.05. The van der Waals surface area contributed by atoms with Gasteiger partial charge in [0.05, 0.1) is 18.6 Å². The van der Waals surface area contributed by atoms with Gasteiger partial charge in [-0.3, -0.25) is 4.79 Å². The van der Waals surface area contributed by atoms with E-state index < -0.39 is 0 Å². The first kappa shape index (κ1) is 16.3. The summed E-state index contributed by atoms with van der Waals surface area (Å²) in [7, 11) is 1.90. The molecule has 0 spiro atoms. The van der Waals surface area contributed by atoms with E-state index in [-0.39, 0.29) is 11.7 Å². The first-order valence-corrected chi connectivity index (χ1v) is 8.50. The fraction of sp³-hybridized carbons (Fsp3) is 0.235. The van der Waals surface area contributed by atoms with Gasteiger partial charge in [0.2, 0.25) is 5.91 Å². The molecule has 0 saturated heterocycles. The Labute approximate surface area is 144 Å². The molecule has 1 aromatic carbocycles. The first-order chi connectivity index (χ1) is 11.6. The molecular weight excluding hydrogens is 324 g/mol. The van der Waals surface area contributed by atoms with E-state index in [4.69, 9.17) is 4.42 Å². The van der Waals surface area contributed by atoms with Crippen molar-refractivity contribution < 1.29 is 9.21 Å². The van der Waals surface area contributed by atoms with Gasteiger partial charge in [0.15, 0.2) is 11.0 Å². The van der Waals surface area contributed by atoms with E-state index in [1.807, 2.05) is 42.8 Å². The summed E-state index contributed by atoms with van der Waals surface area (Å²) in [5.41, 5.74) is 2.18. The quantitative estimate of drug-likeness (QED) is 0.697. The van der Waals surface area contributed by atoms with Crippen LogP contribution in [0, 0.1) is 6.92 Å². The Kier molecular flexibility index (Phi) is 5.00. The minimum Gasteiger partial charge on any atom is -0.467 e. The Morgan fingerprint density at radius 2 is 2.17 bits per heavy atom. The largest absolute Gasteiger partial charge is 0.467 e.